The predicted octanol–water partition coefficient (Wildman–Crippen LogP) is 3.01. The topological polar surface area (TPSA) is 87.1 Å². The highest BCUT2D eigenvalue weighted by Gasteiger charge is 2.39. The fourth-order valence-electron chi connectivity index (χ4n) is 3.05. The number of amides is 1. The Kier molecular flexibility index (Phi) is 5.72. The molecule has 1 saturated heterocycles. The van der Waals surface area contributed by atoms with Crippen LogP contribution in [-0.4, -0.2) is 51.5 Å². The molecule has 1 aromatic carbocycles. The summed E-state index contributed by atoms with van der Waals surface area (Å²) in [4.78, 5) is 25.3. The van der Waals surface area contributed by atoms with Crippen LogP contribution in [0.4, 0.5) is 4.79 Å². The molecule has 1 fully saturated rings. The zero-order valence-corrected chi connectivity index (χ0v) is 15.1. The van der Waals surface area contributed by atoms with Crippen LogP contribution in [0.25, 0.3) is 0 Å². The molecular formula is C19H27NO5. The third-order valence-electron chi connectivity index (χ3n) is 4.43. The number of hydrogen-bond acceptors (Lipinski definition) is 4. The Morgan fingerprint density at radius 3 is 2.24 bits per heavy atom. The number of ether oxygens (including phenoxy) is 1. The third-order valence-corrected chi connectivity index (χ3v) is 4.43. The van der Waals surface area contributed by atoms with Crippen LogP contribution < -0.4 is 0 Å². The smallest absolute Gasteiger partial charge is 0.410 e. The lowest BCUT2D eigenvalue weighted by atomic mass is 9.80. The van der Waals surface area contributed by atoms with Crippen LogP contribution in [0.5, 0.6) is 0 Å². The van der Waals surface area contributed by atoms with E-state index in [0.29, 0.717) is 31.5 Å². The SMILES string of the molecule is CC(C)(C)OC(=O)N1CCC(O)(CC(C(=O)O)c2ccccc2)CC1. The van der Waals surface area contributed by atoms with Crippen molar-refractivity contribution >= 4 is 12.1 Å². The lowest BCUT2D eigenvalue weighted by Crippen LogP contribution is -2.49. The Balaban J connectivity index is 1.99. The van der Waals surface area contributed by atoms with Crippen molar-refractivity contribution in [1.29, 1.82) is 0 Å². The van der Waals surface area contributed by atoms with E-state index in [9.17, 15) is 19.8 Å². The number of likely N-dealkylation sites (tertiary alicyclic amines) is 1. The largest absolute Gasteiger partial charge is 0.481 e. The first-order valence-electron chi connectivity index (χ1n) is 8.58. The van der Waals surface area contributed by atoms with Crippen molar-refractivity contribution in [1.82, 2.24) is 4.90 Å². The Labute approximate surface area is 148 Å². The molecule has 1 aliphatic rings. The van der Waals surface area contributed by atoms with Crippen molar-refractivity contribution in [2.45, 2.75) is 57.2 Å². The Bertz CT molecular complexity index is 600. The molecule has 0 radical (unpaired) electrons. The molecule has 6 nitrogen and oxygen atoms in total. The monoisotopic (exact) mass is 349 g/mol. The van der Waals surface area contributed by atoms with Crippen LogP contribution in [0.2, 0.25) is 0 Å². The molecule has 0 bridgehead atoms. The van der Waals surface area contributed by atoms with Crippen LogP contribution in [-0.2, 0) is 9.53 Å². The molecule has 138 valence electrons. The molecule has 0 aromatic heterocycles. The van der Waals surface area contributed by atoms with Crippen LogP contribution in [0.15, 0.2) is 30.3 Å². The summed E-state index contributed by atoms with van der Waals surface area (Å²) in [5, 5.41) is 20.4. The van der Waals surface area contributed by atoms with Gasteiger partial charge < -0.3 is 19.8 Å². The summed E-state index contributed by atoms with van der Waals surface area (Å²) in [7, 11) is 0. The van der Waals surface area contributed by atoms with Gasteiger partial charge in [-0.05, 0) is 45.6 Å². The second-order valence-electron chi connectivity index (χ2n) is 7.70. The summed E-state index contributed by atoms with van der Waals surface area (Å²) in [5.41, 5.74) is -0.984. The minimum absolute atomic E-state index is 0.133. The maximum atomic E-state index is 12.1. The molecule has 1 heterocycles. The predicted molar refractivity (Wildman–Crippen MR) is 93.4 cm³/mol. The van der Waals surface area contributed by atoms with Gasteiger partial charge in [-0.15, -0.1) is 0 Å². The minimum Gasteiger partial charge on any atom is -0.481 e. The number of carbonyl (C=O) groups excluding carboxylic acids is 1. The van der Waals surface area contributed by atoms with Crippen LogP contribution in [0.1, 0.15) is 51.5 Å². The van der Waals surface area contributed by atoms with Gasteiger partial charge in [-0.25, -0.2) is 4.79 Å². The molecule has 0 aliphatic carbocycles. The van der Waals surface area contributed by atoms with E-state index in [1.807, 2.05) is 26.8 Å². The van der Waals surface area contributed by atoms with Crippen molar-refractivity contribution in [3.63, 3.8) is 0 Å². The summed E-state index contributed by atoms with van der Waals surface area (Å²) in [6.07, 6.45) is 0.410. The fourth-order valence-corrected chi connectivity index (χ4v) is 3.05. The maximum absolute atomic E-state index is 12.1. The molecule has 1 aliphatic heterocycles. The highest BCUT2D eigenvalue weighted by Crippen LogP contribution is 2.34. The Hall–Kier alpha value is -2.08. The maximum Gasteiger partial charge on any atom is 0.410 e. The van der Waals surface area contributed by atoms with Crippen molar-refractivity contribution in [2.24, 2.45) is 0 Å². The number of nitrogens with zero attached hydrogens (tertiary/aromatic N) is 1. The van der Waals surface area contributed by atoms with Crippen molar-refractivity contribution in [2.75, 3.05) is 13.1 Å². The van der Waals surface area contributed by atoms with Gasteiger partial charge in [0.2, 0.25) is 0 Å². The van der Waals surface area contributed by atoms with Gasteiger partial charge in [-0.3, -0.25) is 4.79 Å². The molecule has 0 spiro atoms. The number of carboxylic acids is 1. The van der Waals surface area contributed by atoms with E-state index in [4.69, 9.17) is 4.74 Å². The zero-order valence-electron chi connectivity index (χ0n) is 15.1. The molecule has 1 amide bonds. The third kappa shape index (κ3) is 5.46. The number of benzene rings is 1. The number of hydrogen-bond donors (Lipinski definition) is 2. The summed E-state index contributed by atoms with van der Waals surface area (Å²) in [5.74, 6) is -1.71. The Morgan fingerprint density at radius 2 is 1.76 bits per heavy atom. The molecule has 0 saturated carbocycles. The van der Waals surface area contributed by atoms with E-state index in [1.165, 1.54) is 0 Å². The first-order chi connectivity index (χ1) is 11.6. The van der Waals surface area contributed by atoms with Gasteiger partial charge in [-0.1, -0.05) is 30.3 Å². The number of piperidine rings is 1. The molecule has 6 heteroatoms. The number of aliphatic carboxylic acids is 1. The van der Waals surface area contributed by atoms with E-state index >= 15 is 0 Å². The van der Waals surface area contributed by atoms with Crippen molar-refractivity contribution in [3.8, 4) is 0 Å². The van der Waals surface area contributed by atoms with Crippen molar-refractivity contribution < 1.29 is 24.5 Å². The average Bonchev–Trinajstić information content (AvgIpc) is 2.52. The van der Waals surface area contributed by atoms with Crippen LogP contribution in [0.3, 0.4) is 0 Å². The number of rotatable bonds is 4. The minimum atomic E-state index is -1.10. The van der Waals surface area contributed by atoms with Gasteiger partial charge in [-0.2, -0.15) is 0 Å². The van der Waals surface area contributed by atoms with Gasteiger partial charge in [0.15, 0.2) is 0 Å². The lowest BCUT2D eigenvalue weighted by molar-refractivity contribution is -0.141. The Morgan fingerprint density at radius 1 is 1.20 bits per heavy atom. The van der Waals surface area contributed by atoms with E-state index in [2.05, 4.69) is 0 Å². The van der Waals surface area contributed by atoms with Crippen LogP contribution in [0, 0.1) is 0 Å². The standard InChI is InChI=1S/C19H27NO5/c1-18(2,3)25-17(23)20-11-9-19(24,10-12-20)13-15(16(21)22)14-7-5-4-6-8-14/h4-8,15,24H,9-13H2,1-3H3,(H,21,22). The first-order valence-corrected chi connectivity index (χ1v) is 8.58. The highest BCUT2D eigenvalue weighted by molar-refractivity contribution is 5.76. The molecule has 1 atom stereocenters. The van der Waals surface area contributed by atoms with E-state index < -0.39 is 29.2 Å². The lowest BCUT2D eigenvalue weighted by Gasteiger charge is -2.39. The first kappa shape index (κ1) is 19.2. The molecule has 2 rings (SSSR count). The second kappa shape index (κ2) is 7.44. The fraction of sp³-hybridized carbons (Fsp3) is 0.579. The van der Waals surface area contributed by atoms with Gasteiger partial charge in [0.05, 0.1) is 11.5 Å². The second-order valence-corrected chi connectivity index (χ2v) is 7.70. The van der Waals surface area contributed by atoms with Crippen molar-refractivity contribution in [3.05, 3.63) is 35.9 Å². The number of aliphatic hydroxyl groups is 1. The van der Waals surface area contributed by atoms with E-state index in [-0.39, 0.29) is 6.42 Å². The van der Waals surface area contributed by atoms with Crippen LogP contribution >= 0.6 is 0 Å². The molecule has 1 unspecified atom stereocenters. The summed E-state index contributed by atoms with van der Waals surface area (Å²) < 4.78 is 5.35. The summed E-state index contributed by atoms with van der Waals surface area (Å²) >= 11 is 0. The van der Waals surface area contributed by atoms with Gasteiger partial charge >= 0.3 is 12.1 Å². The van der Waals surface area contributed by atoms with E-state index in [1.54, 1.807) is 29.2 Å². The number of carboxylic acid groups (broad SMARTS) is 1. The zero-order chi connectivity index (χ0) is 18.7. The summed E-state index contributed by atoms with van der Waals surface area (Å²) in [6, 6.07) is 8.94. The van der Waals surface area contributed by atoms with Gasteiger partial charge in [0.1, 0.15) is 5.60 Å². The molecule has 25 heavy (non-hydrogen) atoms. The van der Waals surface area contributed by atoms with Gasteiger partial charge in [0.25, 0.3) is 0 Å². The molecule has 2 N–H and O–H groups in total. The molecular weight excluding hydrogens is 322 g/mol. The molecule has 1 aromatic rings. The van der Waals surface area contributed by atoms with E-state index in [0.717, 1.165) is 0 Å². The summed E-state index contributed by atoms with van der Waals surface area (Å²) in [6.45, 7) is 6.13. The normalized spacial score (nSPS) is 18.5. The quantitative estimate of drug-likeness (QED) is 0.872. The average molecular weight is 349 g/mol. The number of carbonyl (C=O) groups is 2. The van der Waals surface area contributed by atoms with Gasteiger partial charge in [0, 0.05) is 13.1 Å². The highest BCUT2D eigenvalue weighted by atomic mass is 16.6.